The summed E-state index contributed by atoms with van der Waals surface area (Å²) in [4.78, 5) is 3.53. The summed E-state index contributed by atoms with van der Waals surface area (Å²) in [5.41, 5.74) is 1.13. The van der Waals surface area contributed by atoms with Crippen molar-refractivity contribution in [2.45, 2.75) is 13.1 Å². The third-order valence-electron chi connectivity index (χ3n) is 2.47. The van der Waals surface area contributed by atoms with Gasteiger partial charge in [-0.25, -0.2) is 4.39 Å². The molecule has 0 unspecified atom stereocenters. The summed E-state index contributed by atoms with van der Waals surface area (Å²) in [5, 5.41) is 2.07. The molecule has 0 N–H and O–H groups in total. The van der Waals surface area contributed by atoms with E-state index in [2.05, 4.69) is 39.3 Å². The van der Waals surface area contributed by atoms with Gasteiger partial charge in [-0.3, -0.25) is 4.90 Å². The van der Waals surface area contributed by atoms with E-state index in [0.717, 1.165) is 23.1 Å². The number of benzene rings is 1. The predicted molar refractivity (Wildman–Crippen MR) is 73.6 cm³/mol. The first kappa shape index (κ1) is 12.7. The highest BCUT2D eigenvalue weighted by Gasteiger charge is 2.06. The van der Waals surface area contributed by atoms with E-state index in [-0.39, 0.29) is 5.82 Å². The molecule has 1 aromatic carbocycles. The quantitative estimate of drug-likeness (QED) is 0.814. The Labute approximate surface area is 113 Å². The molecule has 0 aliphatic carbocycles. The molecule has 90 valence electrons. The maximum absolute atomic E-state index is 12.8. The van der Waals surface area contributed by atoms with Crippen molar-refractivity contribution in [3.8, 4) is 0 Å². The van der Waals surface area contributed by atoms with Crippen LogP contribution in [0.25, 0.3) is 0 Å². The van der Waals surface area contributed by atoms with Crippen LogP contribution < -0.4 is 0 Å². The van der Waals surface area contributed by atoms with Crippen molar-refractivity contribution in [1.82, 2.24) is 4.90 Å². The fourth-order valence-electron chi connectivity index (χ4n) is 1.64. The van der Waals surface area contributed by atoms with E-state index in [1.165, 1.54) is 17.0 Å². The normalized spacial score (nSPS) is 11.1. The highest BCUT2D eigenvalue weighted by atomic mass is 79.9. The van der Waals surface area contributed by atoms with Gasteiger partial charge in [0.25, 0.3) is 0 Å². The van der Waals surface area contributed by atoms with Crippen molar-refractivity contribution < 1.29 is 4.39 Å². The molecule has 0 fully saturated rings. The molecule has 0 saturated heterocycles. The SMILES string of the molecule is CN(Cc1ccc(F)cc1)Cc1sccc1Br. The van der Waals surface area contributed by atoms with Gasteiger partial charge in [-0.2, -0.15) is 0 Å². The summed E-state index contributed by atoms with van der Waals surface area (Å²) >= 11 is 5.27. The highest BCUT2D eigenvalue weighted by molar-refractivity contribution is 9.10. The van der Waals surface area contributed by atoms with Gasteiger partial charge in [-0.1, -0.05) is 12.1 Å². The lowest BCUT2D eigenvalue weighted by molar-refractivity contribution is 0.321. The molecule has 0 aliphatic heterocycles. The van der Waals surface area contributed by atoms with Crippen LogP contribution in [0.2, 0.25) is 0 Å². The standard InChI is InChI=1S/C13H13BrFNS/c1-16(9-13-12(14)6-7-17-13)8-10-2-4-11(15)5-3-10/h2-7H,8-9H2,1H3. The van der Waals surface area contributed by atoms with Crippen molar-refractivity contribution >= 4 is 27.3 Å². The molecule has 0 bridgehead atoms. The molecule has 2 aromatic rings. The maximum atomic E-state index is 12.8. The predicted octanol–water partition coefficient (Wildman–Crippen LogP) is 4.28. The first-order valence-corrected chi connectivity index (χ1v) is 6.97. The lowest BCUT2D eigenvalue weighted by atomic mass is 10.2. The zero-order chi connectivity index (χ0) is 12.3. The highest BCUT2D eigenvalue weighted by Crippen LogP contribution is 2.24. The van der Waals surface area contributed by atoms with Crippen LogP contribution in [-0.4, -0.2) is 11.9 Å². The number of hydrogen-bond acceptors (Lipinski definition) is 2. The second-order valence-corrected chi connectivity index (χ2v) is 5.85. The molecule has 0 amide bonds. The number of thiophene rings is 1. The van der Waals surface area contributed by atoms with Gasteiger partial charge < -0.3 is 0 Å². The Morgan fingerprint density at radius 1 is 1.18 bits per heavy atom. The monoisotopic (exact) mass is 313 g/mol. The third-order valence-corrected chi connectivity index (χ3v) is 4.38. The largest absolute Gasteiger partial charge is 0.297 e. The van der Waals surface area contributed by atoms with Crippen LogP contribution in [-0.2, 0) is 13.1 Å². The fourth-order valence-corrected chi connectivity index (χ4v) is 3.20. The topological polar surface area (TPSA) is 3.24 Å². The molecule has 0 atom stereocenters. The van der Waals surface area contributed by atoms with Gasteiger partial charge >= 0.3 is 0 Å². The van der Waals surface area contributed by atoms with Crippen LogP contribution in [0.1, 0.15) is 10.4 Å². The van der Waals surface area contributed by atoms with Crippen LogP contribution >= 0.6 is 27.3 Å². The zero-order valence-corrected chi connectivity index (χ0v) is 11.9. The molecular weight excluding hydrogens is 301 g/mol. The van der Waals surface area contributed by atoms with E-state index < -0.39 is 0 Å². The van der Waals surface area contributed by atoms with Crippen LogP contribution in [0.5, 0.6) is 0 Å². The molecule has 0 saturated carbocycles. The number of hydrogen-bond donors (Lipinski definition) is 0. The summed E-state index contributed by atoms with van der Waals surface area (Å²) in [6, 6.07) is 8.73. The average molecular weight is 314 g/mol. The number of nitrogens with zero attached hydrogens (tertiary/aromatic N) is 1. The van der Waals surface area contributed by atoms with Gasteiger partial charge in [0.15, 0.2) is 0 Å². The molecular formula is C13H13BrFNS. The van der Waals surface area contributed by atoms with Crippen molar-refractivity contribution in [3.05, 3.63) is 56.4 Å². The summed E-state index contributed by atoms with van der Waals surface area (Å²) in [6.45, 7) is 1.72. The van der Waals surface area contributed by atoms with Gasteiger partial charge in [0.1, 0.15) is 5.82 Å². The number of halogens is 2. The van der Waals surface area contributed by atoms with Crippen molar-refractivity contribution in [1.29, 1.82) is 0 Å². The molecule has 0 radical (unpaired) electrons. The molecule has 17 heavy (non-hydrogen) atoms. The van der Waals surface area contributed by atoms with E-state index in [1.807, 2.05) is 12.1 Å². The van der Waals surface area contributed by atoms with Crippen LogP contribution in [0.15, 0.2) is 40.2 Å². The molecule has 4 heteroatoms. The Morgan fingerprint density at radius 3 is 2.47 bits per heavy atom. The van der Waals surface area contributed by atoms with Crippen molar-refractivity contribution in [2.24, 2.45) is 0 Å². The van der Waals surface area contributed by atoms with Crippen LogP contribution in [0, 0.1) is 5.82 Å². The van der Waals surface area contributed by atoms with E-state index in [0.29, 0.717) is 0 Å². The molecule has 0 spiro atoms. The van der Waals surface area contributed by atoms with E-state index >= 15 is 0 Å². The third kappa shape index (κ3) is 3.63. The minimum atomic E-state index is -0.183. The summed E-state index contributed by atoms with van der Waals surface area (Å²) in [6.07, 6.45) is 0. The van der Waals surface area contributed by atoms with Crippen LogP contribution in [0.3, 0.4) is 0 Å². The minimum absolute atomic E-state index is 0.183. The zero-order valence-electron chi connectivity index (χ0n) is 9.49. The average Bonchev–Trinajstić information content (AvgIpc) is 2.68. The first-order valence-electron chi connectivity index (χ1n) is 5.30. The second kappa shape index (κ2) is 5.76. The Hall–Kier alpha value is -0.710. The first-order chi connectivity index (χ1) is 8.15. The van der Waals surface area contributed by atoms with Gasteiger partial charge in [0.05, 0.1) is 0 Å². The Kier molecular flexibility index (Phi) is 4.31. The van der Waals surface area contributed by atoms with Crippen molar-refractivity contribution in [2.75, 3.05) is 7.05 Å². The maximum Gasteiger partial charge on any atom is 0.123 e. The van der Waals surface area contributed by atoms with Gasteiger partial charge in [0.2, 0.25) is 0 Å². The van der Waals surface area contributed by atoms with E-state index in [4.69, 9.17) is 0 Å². The summed E-state index contributed by atoms with van der Waals surface area (Å²) in [5.74, 6) is -0.183. The lowest BCUT2D eigenvalue weighted by Gasteiger charge is -2.16. The molecule has 1 aromatic heterocycles. The Morgan fingerprint density at radius 2 is 1.88 bits per heavy atom. The van der Waals surface area contributed by atoms with Gasteiger partial charge in [0, 0.05) is 22.4 Å². The summed E-state index contributed by atoms with van der Waals surface area (Å²) < 4.78 is 13.9. The van der Waals surface area contributed by atoms with Crippen molar-refractivity contribution in [3.63, 3.8) is 0 Å². The Balaban J connectivity index is 1.95. The fraction of sp³-hybridized carbons (Fsp3) is 0.231. The molecule has 1 nitrogen and oxygen atoms in total. The Bertz CT molecular complexity index is 480. The lowest BCUT2D eigenvalue weighted by Crippen LogP contribution is -2.16. The molecule has 2 rings (SSSR count). The van der Waals surface area contributed by atoms with Crippen LogP contribution in [0.4, 0.5) is 4.39 Å². The molecule has 0 aliphatic rings. The number of rotatable bonds is 4. The smallest absolute Gasteiger partial charge is 0.123 e. The summed E-state index contributed by atoms with van der Waals surface area (Å²) in [7, 11) is 2.06. The van der Waals surface area contributed by atoms with E-state index in [9.17, 15) is 4.39 Å². The van der Waals surface area contributed by atoms with Gasteiger partial charge in [-0.15, -0.1) is 11.3 Å². The molecule has 1 heterocycles. The van der Waals surface area contributed by atoms with E-state index in [1.54, 1.807) is 11.3 Å². The minimum Gasteiger partial charge on any atom is -0.297 e. The second-order valence-electron chi connectivity index (χ2n) is 3.99. The van der Waals surface area contributed by atoms with Gasteiger partial charge in [-0.05, 0) is 52.1 Å².